The van der Waals surface area contributed by atoms with E-state index >= 15 is 0 Å². The summed E-state index contributed by atoms with van der Waals surface area (Å²) < 4.78 is 5.76. The molecule has 6 atom stereocenters. The summed E-state index contributed by atoms with van der Waals surface area (Å²) in [5.74, 6) is 2.47. The first kappa shape index (κ1) is 12.5. The molecule has 0 aromatic carbocycles. The maximum absolute atomic E-state index is 11.4. The van der Waals surface area contributed by atoms with Gasteiger partial charge in [0.2, 0.25) is 0 Å². The monoisotopic (exact) mass is 252 g/mol. The number of carbonyl (C=O) groups excluding carboxylic acids is 1. The van der Waals surface area contributed by atoms with Crippen LogP contribution in [0.5, 0.6) is 0 Å². The van der Waals surface area contributed by atoms with Gasteiger partial charge in [0.05, 0.1) is 6.10 Å². The number of fused-ring (bicyclic) bond motifs is 5. The lowest BCUT2D eigenvalue weighted by Gasteiger charge is -2.46. The van der Waals surface area contributed by atoms with E-state index in [4.69, 9.17) is 4.74 Å². The average molecular weight is 252 g/mol. The number of esters is 1. The Morgan fingerprint density at radius 3 is 2.78 bits per heavy atom. The molecule has 0 aromatic heterocycles. The summed E-state index contributed by atoms with van der Waals surface area (Å²) in [6.07, 6.45) is 6.13. The van der Waals surface area contributed by atoms with E-state index in [2.05, 4.69) is 6.92 Å². The van der Waals surface area contributed by atoms with Crippen molar-refractivity contribution < 1.29 is 14.6 Å². The van der Waals surface area contributed by atoms with Crippen LogP contribution in [0.3, 0.4) is 0 Å². The van der Waals surface area contributed by atoms with Crippen LogP contribution in [0.25, 0.3) is 0 Å². The third kappa shape index (κ3) is 1.70. The van der Waals surface area contributed by atoms with Gasteiger partial charge >= 0.3 is 5.97 Å². The summed E-state index contributed by atoms with van der Waals surface area (Å²) >= 11 is 0. The zero-order chi connectivity index (χ0) is 12.9. The molecule has 6 unspecified atom stereocenters. The Hall–Kier alpha value is -0.570. The fourth-order valence-corrected chi connectivity index (χ4v) is 5.24. The molecule has 3 saturated carbocycles. The van der Waals surface area contributed by atoms with Gasteiger partial charge in [-0.15, -0.1) is 0 Å². The van der Waals surface area contributed by atoms with Crippen LogP contribution in [0.15, 0.2) is 0 Å². The van der Waals surface area contributed by atoms with Crippen molar-refractivity contribution in [2.75, 3.05) is 0 Å². The molecule has 3 heteroatoms. The van der Waals surface area contributed by atoms with E-state index < -0.39 is 0 Å². The van der Waals surface area contributed by atoms with Crippen LogP contribution in [0.4, 0.5) is 0 Å². The molecule has 1 N–H and O–H groups in total. The zero-order valence-electron chi connectivity index (χ0n) is 11.4. The number of hydrogen-bond donors (Lipinski definition) is 1. The summed E-state index contributed by atoms with van der Waals surface area (Å²) in [4.78, 5) is 11.4. The van der Waals surface area contributed by atoms with E-state index in [9.17, 15) is 9.90 Å². The predicted octanol–water partition coefficient (Wildman–Crippen LogP) is 2.52. The summed E-state index contributed by atoms with van der Waals surface area (Å²) in [6, 6.07) is 0. The number of ether oxygens (including phenoxy) is 1. The van der Waals surface area contributed by atoms with Gasteiger partial charge in [0.15, 0.2) is 0 Å². The van der Waals surface area contributed by atoms with Gasteiger partial charge in [0.1, 0.15) is 5.60 Å². The van der Waals surface area contributed by atoms with Crippen molar-refractivity contribution in [2.45, 2.75) is 64.1 Å². The molecule has 0 aromatic rings. The summed E-state index contributed by atoms with van der Waals surface area (Å²) in [5, 5.41) is 9.83. The van der Waals surface area contributed by atoms with E-state index in [0.29, 0.717) is 23.7 Å². The Morgan fingerprint density at radius 1 is 1.33 bits per heavy atom. The van der Waals surface area contributed by atoms with Crippen LogP contribution in [0, 0.1) is 23.7 Å². The number of rotatable bonds is 2. The Labute approximate surface area is 109 Å². The van der Waals surface area contributed by atoms with Crippen molar-refractivity contribution in [1.82, 2.24) is 0 Å². The van der Waals surface area contributed by atoms with Crippen LogP contribution in [0.1, 0.15) is 52.4 Å². The Kier molecular flexibility index (Phi) is 2.92. The van der Waals surface area contributed by atoms with Crippen LogP contribution < -0.4 is 0 Å². The molecule has 18 heavy (non-hydrogen) atoms. The lowest BCUT2D eigenvalue weighted by atomic mass is 9.64. The van der Waals surface area contributed by atoms with E-state index in [1.165, 1.54) is 13.3 Å². The van der Waals surface area contributed by atoms with Crippen LogP contribution in [-0.4, -0.2) is 22.8 Å². The third-order valence-corrected chi connectivity index (χ3v) is 5.84. The normalized spacial score (nSPS) is 50.1. The first-order valence-electron chi connectivity index (χ1n) is 7.43. The van der Waals surface area contributed by atoms with Crippen molar-refractivity contribution in [1.29, 1.82) is 0 Å². The van der Waals surface area contributed by atoms with E-state index in [1.54, 1.807) is 0 Å². The third-order valence-electron chi connectivity index (χ3n) is 5.84. The van der Waals surface area contributed by atoms with Crippen molar-refractivity contribution in [3.05, 3.63) is 0 Å². The van der Waals surface area contributed by atoms with E-state index in [0.717, 1.165) is 32.1 Å². The van der Waals surface area contributed by atoms with Gasteiger partial charge in [0.25, 0.3) is 0 Å². The second-order valence-corrected chi connectivity index (χ2v) is 6.61. The predicted molar refractivity (Wildman–Crippen MR) is 67.8 cm³/mol. The molecule has 0 radical (unpaired) electrons. The average Bonchev–Trinajstić information content (AvgIpc) is 2.84. The highest BCUT2D eigenvalue weighted by atomic mass is 16.6. The van der Waals surface area contributed by atoms with Crippen LogP contribution in [-0.2, 0) is 9.53 Å². The van der Waals surface area contributed by atoms with Crippen LogP contribution >= 0.6 is 0 Å². The zero-order valence-corrected chi connectivity index (χ0v) is 11.4. The fourth-order valence-electron chi connectivity index (χ4n) is 5.24. The van der Waals surface area contributed by atoms with Gasteiger partial charge in [-0.25, -0.2) is 0 Å². The molecular formula is C15H24O3. The molecular weight excluding hydrogens is 228 g/mol. The quantitative estimate of drug-likeness (QED) is 0.768. The Bertz CT molecular complexity index is 354. The van der Waals surface area contributed by atoms with Crippen molar-refractivity contribution >= 4 is 5.97 Å². The first-order chi connectivity index (χ1) is 8.55. The largest absolute Gasteiger partial charge is 0.459 e. The van der Waals surface area contributed by atoms with Gasteiger partial charge in [-0.3, -0.25) is 4.79 Å². The summed E-state index contributed by atoms with van der Waals surface area (Å²) in [5.41, 5.74) is -0.181. The summed E-state index contributed by atoms with van der Waals surface area (Å²) in [6.45, 7) is 3.68. The standard InChI is InChI=1S/C15H24O3/c1-3-15(18-9(2)16)8-10-6-14(15)12-5-4-11(17)7-13(10)12/h10-14,17H,3-8H2,1-2H3. The molecule has 3 fully saturated rings. The molecule has 0 spiro atoms. The van der Waals surface area contributed by atoms with Crippen LogP contribution in [0.2, 0.25) is 0 Å². The lowest BCUT2D eigenvalue weighted by molar-refractivity contribution is -0.170. The second-order valence-electron chi connectivity index (χ2n) is 6.61. The highest BCUT2D eigenvalue weighted by Crippen LogP contribution is 2.63. The molecule has 3 nitrogen and oxygen atoms in total. The van der Waals surface area contributed by atoms with Gasteiger partial charge < -0.3 is 9.84 Å². The molecule has 0 amide bonds. The molecule has 3 aliphatic carbocycles. The van der Waals surface area contributed by atoms with Gasteiger partial charge in [0, 0.05) is 12.8 Å². The van der Waals surface area contributed by atoms with Gasteiger partial charge in [-0.2, -0.15) is 0 Å². The Morgan fingerprint density at radius 2 is 2.11 bits per heavy atom. The fraction of sp³-hybridized carbons (Fsp3) is 0.933. The van der Waals surface area contributed by atoms with Crippen molar-refractivity contribution in [3.63, 3.8) is 0 Å². The SMILES string of the molecule is CCC1(OC(C)=O)CC2CC1C1CCC(O)CC21. The number of hydrogen-bond acceptors (Lipinski definition) is 3. The van der Waals surface area contributed by atoms with Crippen molar-refractivity contribution in [2.24, 2.45) is 23.7 Å². The minimum absolute atomic E-state index is 0.0876. The maximum atomic E-state index is 11.4. The molecule has 102 valence electrons. The smallest absolute Gasteiger partial charge is 0.303 e. The molecule has 0 saturated heterocycles. The lowest BCUT2D eigenvalue weighted by Crippen LogP contribution is -2.47. The first-order valence-corrected chi connectivity index (χ1v) is 7.43. The maximum Gasteiger partial charge on any atom is 0.303 e. The topological polar surface area (TPSA) is 46.5 Å². The highest BCUT2D eigenvalue weighted by Gasteiger charge is 2.61. The highest BCUT2D eigenvalue weighted by molar-refractivity contribution is 5.66. The second kappa shape index (κ2) is 4.22. The number of aliphatic hydroxyl groups excluding tert-OH is 1. The van der Waals surface area contributed by atoms with E-state index in [1.807, 2.05) is 0 Å². The molecule has 2 bridgehead atoms. The van der Waals surface area contributed by atoms with Crippen molar-refractivity contribution in [3.8, 4) is 0 Å². The number of carbonyl (C=O) groups is 1. The minimum atomic E-state index is -0.181. The minimum Gasteiger partial charge on any atom is -0.459 e. The number of aliphatic hydroxyl groups is 1. The van der Waals surface area contributed by atoms with Gasteiger partial charge in [-0.1, -0.05) is 6.92 Å². The van der Waals surface area contributed by atoms with E-state index in [-0.39, 0.29) is 17.7 Å². The molecule has 3 rings (SSSR count). The molecule has 0 heterocycles. The molecule has 3 aliphatic rings. The Balaban J connectivity index is 1.82. The molecule has 0 aliphatic heterocycles. The summed E-state index contributed by atoms with van der Waals surface area (Å²) in [7, 11) is 0. The van der Waals surface area contributed by atoms with Gasteiger partial charge in [-0.05, 0) is 56.3 Å².